The Labute approximate surface area is 81.0 Å². The number of rotatable bonds is 1. The molecule has 1 atom stereocenters. The van der Waals surface area contributed by atoms with Crippen LogP contribution in [0.1, 0.15) is 39.4 Å². The van der Waals surface area contributed by atoms with Crippen LogP contribution >= 0.6 is 0 Å². The predicted molar refractivity (Wildman–Crippen MR) is 55.7 cm³/mol. The summed E-state index contributed by atoms with van der Waals surface area (Å²) in [5.41, 5.74) is 0. The van der Waals surface area contributed by atoms with E-state index >= 15 is 0 Å². The summed E-state index contributed by atoms with van der Waals surface area (Å²) in [4.78, 5) is 4.32. The van der Waals surface area contributed by atoms with Crippen molar-refractivity contribution < 1.29 is 0 Å². The summed E-state index contributed by atoms with van der Waals surface area (Å²) >= 11 is 0. The molecule has 2 rings (SSSR count). The van der Waals surface area contributed by atoms with Crippen molar-refractivity contribution in [3.63, 3.8) is 0 Å². The first-order chi connectivity index (χ1) is 6.40. The maximum Gasteiger partial charge on any atom is 0.108 e. The molecule has 1 aliphatic rings. The van der Waals surface area contributed by atoms with Crippen LogP contribution in [-0.2, 0) is 13.0 Å². The fourth-order valence-electron chi connectivity index (χ4n) is 1.76. The molecule has 0 amide bonds. The minimum Gasteiger partial charge on any atom is -0.335 e. The Kier molecular flexibility index (Phi) is 4.00. The Morgan fingerprint density at radius 2 is 2.31 bits per heavy atom. The molecule has 13 heavy (non-hydrogen) atoms. The van der Waals surface area contributed by atoms with E-state index in [4.69, 9.17) is 0 Å². The van der Waals surface area contributed by atoms with Crippen LogP contribution in [0.15, 0.2) is 12.4 Å². The fourth-order valence-corrected chi connectivity index (χ4v) is 1.76. The van der Waals surface area contributed by atoms with Gasteiger partial charge in [0.2, 0.25) is 0 Å². The summed E-state index contributed by atoms with van der Waals surface area (Å²) in [6.07, 6.45) is 7.81. The zero-order valence-electron chi connectivity index (χ0n) is 8.95. The Balaban J connectivity index is 0.000000396. The van der Waals surface area contributed by atoms with E-state index in [1.54, 1.807) is 0 Å². The molecule has 0 saturated carbocycles. The first-order valence-electron chi connectivity index (χ1n) is 5.40. The highest BCUT2D eigenvalue weighted by molar-refractivity contribution is 4.96. The largest absolute Gasteiger partial charge is 0.335 e. The maximum atomic E-state index is 4.32. The second kappa shape index (κ2) is 5.05. The van der Waals surface area contributed by atoms with Gasteiger partial charge in [-0.25, -0.2) is 4.98 Å². The van der Waals surface area contributed by atoms with Crippen molar-refractivity contribution in [1.82, 2.24) is 9.55 Å². The van der Waals surface area contributed by atoms with Crippen LogP contribution in [0.25, 0.3) is 0 Å². The first kappa shape index (κ1) is 10.3. The number of aromatic nitrogens is 2. The lowest BCUT2D eigenvalue weighted by Gasteiger charge is -2.21. The monoisotopic (exact) mass is 180 g/mol. The van der Waals surface area contributed by atoms with Crippen LogP contribution in [0.4, 0.5) is 0 Å². The average Bonchev–Trinajstić information content (AvgIpc) is 2.67. The van der Waals surface area contributed by atoms with Gasteiger partial charge in [0.25, 0.3) is 0 Å². The van der Waals surface area contributed by atoms with Crippen LogP contribution in [0.5, 0.6) is 0 Å². The van der Waals surface area contributed by atoms with Crippen molar-refractivity contribution in [2.24, 2.45) is 5.92 Å². The molecule has 1 aromatic heterocycles. The van der Waals surface area contributed by atoms with E-state index in [0.717, 1.165) is 5.92 Å². The molecular weight excluding hydrogens is 160 g/mol. The zero-order chi connectivity index (χ0) is 9.68. The van der Waals surface area contributed by atoms with Crippen LogP contribution in [-0.4, -0.2) is 9.55 Å². The molecule has 1 aliphatic heterocycles. The SMILES string of the molecule is CC.CCC1CCn2ccnc2C1. The molecule has 2 heterocycles. The second-order valence-corrected chi connectivity index (χ2v) is 3.30. The summed E-state index contributed by atoms with van der Waals surface area (Å²) in [6.45, 7) is 7.44. The van der Waals surface area contributed by atoms with E-state index in [1.165, 1.54) is 31.6 Å². The molecule has 2 heteroatoms. The lowest BCUT2D eigenvalue weighted by molar-refractivity contribution is 0.372. The van der Waals surface area contributed by atoms with E-state index in [-0.39, 0.29) is 0 Å². The van der Waals surface area contributed by atoms with Gasteiger partial charge >= 0.3 is 0 Å². The third kappa shape index (κ3) is 2.33. The number of hydrogen-bond donors (Lipinski definition) is 0. The van der Waals surface area contributed by atoms with E-state index < -0.39 is 0 Å². The quantitative estimate of drug-likeness (QED) is 0.649. The van der Waals surface area contributed by atoms with Crippen LogP contribution in [0.3, 0.4) is 0 Å². The van der Waals surface area contributed by atoms with Gasteiger partial charge in [0.05, 0.1) is 0 Å². The highest BCUT2D eigenvalue weighted by Gasteiger charge is 2.16. The summed E-state index contributed by atoms with van der Waals surface area (Å²) in [6, 6.07) is 0. The Bertz CT molecular complexity index is 240. The Hall–Kier alpha value is -0.790. The Morgan fingerprint density at radius 3 is 3.00 bits per heavy atom. The second-order valence-electron chi connectivity index (χ2n) is 3.30. The average molecular weight is 180 g/mol. The van der Waals surface area contributed by atoms with Gasteiger partial charge in [-0.2, -0.15) is 0 Å². The lowest BCUT2D eigenvalue weighted by Crippen LogP contribution is -2.18. The van der Waals surface area contributed by atoms with E-state index in [9.17, 15) is 0 Å². The number of nitrogens with zero attached hydrogens (tertiary/aromatic N) is 2. The number of fused-ring (bicyclic) bond motifs is 1. The minimum atomic E-state index is 0.880. The minimum absolute atomic E-state index is 0.880. The smallest absolute Gasteiger partial charge is 0.108 e. The molecule has 1 aromatic rings. The van der Waals surface area contributed by atoms with Gasteiger partial charge in [-0.05, 0) is 12.3 Å². The first-order valence-corrected chi connectivity index (χ1v) is 5.40. The third-order valence-corrected chi connectivity index (χ3v) is 2.63. The van der Waals surface area contributed by atoms with Crippen molar-refractivity contribution in [3.8, 4) is 0 Å². The molecule has 74 valence electrons. The van der Waals surface area contributed by atoms with Gasteiger partial charge in [0, 0.05) is 25.4 Å². The van der Waals surface area contributed by atoms with E-state index in [1.807, 2.05) is 20.0 Å². The standard InChI is InChI=1S/C9H14N2.C2H6/c1-2-8-3-5-11-6-4-10-9(11)7-8;1-2/h4,6,8H,2-3,5,7H2,1H3;1-2H3. The molecule has 0 aliphatic carbocycles. The van der Waals surface area contributed by atoms with E-state index in [0.29, 0.717) is 0 Å². The molecule has 1 unspecified atom stereocenters. The van der Waals surface area contributed by atoms with Crippen molar-refractivity contribution >= 4 is 0 Å². The van der Waals surface area contributed by atoms with E-state index in [2.05, 4.69) is 22.7 Å². The number of aryl methyl sites for hydroxylation is 1. The molecule has 2 nitrogen and oxygen atoms in total. The van der Waals surface area contributed by atoms with Crippen LogP contribution in [0, 0.1) is 5.92 Å². The molecule has 0 saturated heterocycles. The Morgan fingerprint density at radius 1 is 1.54 bits per heavy atom. The van der Waals surface area contributed by atoms with Gasteiger partial charge in [-0.3, -0.25) is 0 Å². The van der Waals surface area contributed by atoms with Gasteiger partial charge < -0.3 is 4.57 Å². The molecular formula is C11H20N2. The normalized spacial score (nSPS) is 20.1. The highest BCUT2D eigenvalue weighted by atomic mass is 15.1. The summed E-state index contributed by atoms with van der Waals surface area (Å²) in [5, 5.41) is 0. The third-order valence-electron chi connectivity index (χ3n) is 2.63. The van der Waals surface area contributed by atoms with Crippen molar-refractivity contribution in [2.75, 3.05) is 0 Å². The maximum absolute atomic E-state index is 4.32. The molecule has 0 radical (unpaired) electrons. The van der Waals surface area contributed by atoms with Gasteiger partial charge in [-0.1, -0.05) is 27.2 Å². The van der Waals surface area contributed by atoms with Crippen molar-refractivity contribution in [3.05, 3.63) is 18.2 Å². The fraction of sp³-hybridized carbons (Fsp3) is 0.727. The summed E-state index contributed by atoms with van der Waals surface area (Å²) < 4.78 is 2.27. The topological polar surface area (TPSA) is 17.8 Å². The molecule has 0 bridgehead atoms. The summed E-state index contributed by atoms with van der Waals surface area (Å²) in [5.74, 6) is 2.16. The number of imidazole rings is 1. The van der Waals surface area contributed by atoms with Gasteiger partial charge in [0.15, 0.2) is 0 Å². The zero-order valence-corrected chi connectivity index (χ0v) is 8.95. The highest BCUT2D eigenvalue weighted by Crippen LogP contribution is 2.20. The molecule has 0 N–H and O–H groups in total. The summed E-state index contributed by atoms with van der Waals surface area (Å²) in [7, 11) is 0. The van der Waals surface area contributed by atoms with Crippen LogP contribution < -0.4 is 0 Å². The lowest BCUT2D eigenvalue weighted by atomic mass is 9.95. The van der Waals surface area contributed by atoms with Gasteiger partial charge in [0.1, 0.15) is 5.82 Å². The number of hydrogen-bond acceptors (Lipinski definition) is 1. The predicted octanol–water partition coefficient (Wildman–Crippen LogP) is 2.88. The van der Waals surface area contributed by atoms with Crippen LogP contribution in [0.2, 0.25) is 0 Å². The van der Waals surface area contributed by atoms with Gasteiger partial charge in [-0.15, -0.1) is 0 Å². The molecule has 0 spiro atoms. The van der Waals surface area contributed by atoms with Crippen molar-refractivity contribution in [1.29, 1.82) is 0 Å². The molecule has 0 aromatic carbocycles. The molecule has 0 fully saturated rings. The van der Waals surface area contributed by atoms with Crippen molar-refractivity contribution in [2.45, 2.75) is 46.6 Å².